The van der Waals surface area contributed by atoms with Crippen molar-refractivity contribution in [3.05, 3.63) is 41.7 Å². The summed E-state index contributed by atoms with van der Waals surface area (Å²) in [6.45, 7) is 6.99. The first-order valence-corrected chi connectivity index (χ1v) is 12.2. The third-order valence-electron chi connectivity index (χ3n) is 7.59. The molecule has 5 rings (SSSR count). The molecule has 1 amide bonds. The Bertz CT molecular complexity index is 945. The van der Waals surface area contributed by atoms with Gasteiger partial charge in [-0.15, -0.1) is 0 Å². The van der Waals surface area contributed by atoms with Gasteiger partial charge in [-0.1, -0.05) is 17.7 Å². The molecule has 7 nitrogen and oxygen atoms in total. The average molecular weight is 457 g/mol. The van der Waals surface area contributed by atoms with Crippen molar-refractivity contribution in [1.29, 1.82) is 0 Å². The molecule has 3 saturated heterocycles. The average Bonchev–Trinajstić information content (AvgIpc) is 3.36. The Kier molecular flexibility index (Phi) is 6.03. The number of aromatic nitrogens is 2. The standard InChI is InChI=1S/C24H33ClN6O/c1-28-12-8-26-23(28)31-10-6-24(7-11-31)18-20(27-22(24)32)5-9-29-13-15-30(16-14-29)21-4-2-3-19(25)17-21/h2-4,8,12,17,20H,5-7,9-11,13-16,18H2,1H3,(H,27,32)/t20-/m0/s1. The van der Waals surface area contributed by atoms with E-state index in [4.69, 9.17) is 11.6 Å². The molecule has 172 valence electrons. The SMILES string of the molecule is Cn1ccnc1N1CCC2(CC1)C[C@H](CCN1CCN(c3cccc(Cl)c3)CC1)NC2=O. The fourth-order valence-corrected chi connectivity index (χ4v) is 5.78. The van der Waals surface area contributed by atoms with Gasteiger partial charge in [-0.25, -0.2) is 4.98 Å². The topological polar surface area (TPSA) is 56.6 Å². The van der Waals surface area contributed by atoms with Gasteiger partial charge in [0, 0.05) is 82.0 Å². The molecule has 8 heteroatoms. The van der Waals surface area contributed by atoms with Crippen molar-refractivity contribution in [3.8, 4) is 0 Å². The van der Waals surface area contributed by atoms with Crippen LogP contribution in [0.5, 0.6) is 0 Å². The molecule has 1 aromatic carbocycles. The van der Waals surface area contributed by atoms with Gasteiger partial charge in [-0.05, 0) is 43.9 Å². The molecule has 3 fully saturated rings. The predicted octanol–water partition coefficient (Wildman–Crippen LogP) is 2.76. The van der Waals surface area contributed by atoms with Crippen molar-refractivity contribution in [2.45, 2.75) is 31.7 Å². The number of halogens is 1. The number of hydrogen-bond donors (Lipinski definition) is 1. The van der Waals surface area contributed by atoms with E-state index in [0.717, 1.165) is 82.5 Å². The number of hydrogen-bond acceptors (Lipinski definition) is 5. The van der Waals surface area contributed by atoms with E-state index >= 15 is 0 Å². The minimum Gasteiger partial charge on any atom is -0.369 e. The van der Waals surface area contributed by atoms with E-state index in [1.807, 2.05) is 37.6 Å². The Labute approximate surface area is 195 Å². The van der Waals surface area contributed by atoms with Gasteiger partial charge >= 0.3 is 0 Å². The van der Waals surface area contributed by atoms with Gasteiger partial charge < -0.3 is 19.7 Å². The molecule has 3 aliphatic rings. The summed E-state index contributed by atoms with van der Waals surface area (Å²) in [5.41, 5.74) is 1.02. The lowest BCUT2D eigenvalue weighted by molar-refractivity contribution is -0.128. The first kappa shape index (κ1) is 21.6. The van der Waals surface area contributed by atoms with Gasteiger partial charge in [0.05, 0.1) is 5.41 Å². The highest BCUT2D eigenvalue weighted by Crippen LogP contribution is 2.41. The van der Waals surface area contributed by atoms with Gasteiger partial charge in [0.15, 0.2) is 0 Å². The second kappa shape index (κ2) is 8.94. The monoisotopic (exact) mass is 456 g/mol. The molecule has 1 aromatic heterocycles. The molecule has 1 N–H and O–H groups in total. The van der Waals surface area contributed by atoms with Gasteiger partial charge in [-0.3, -0.25) is 9.69 Å². The maximum atomic E-state index is 12.9. The third kappa shape index (κ3) is 4.33. The molecule has 0 radical (unpaired) electrons. The number of imidazole rings is 1. The summed E-state index contributed by atoms with van der Waals surface area (Å²) >= 11 is 6.15. The number of amides is 1. The van der Waals surface area contributed by atoms with Crippen molar-refractivity contribution in [2.24, 2.45) is 12.5 Å². The van der Waals surface area contributed by atoms with Crippen molar-refractivity contribution < 1.29 is 4.79 Å². The largest absolute Gasteiger partial charge is 0.369 e. The first-order valence-electron chi connectivity index (χ1n) is 11.8. The van der Waals surface area contributed by atoms with Crippen LogP contribution in [0.25, 0.3) is 0 Å². The number of carbonyl (C=O) groups is 1. The molecule has 4 heterocycles. The van der Waals surface area contributed by atoms with E-state index in [1.165, 1.54) is 5.69 Å². The van der Waals surface area contributed by atoms with E-state index in [0.29, 0.717) is 6.04 Å². The smallest absolute Gasteiger partial charge is 0.226 e. The zero-order valence-electron chi connectivity index (χ0n) is 18.8. The van der Waals surface area contributed by atoms with Gasteiger partial charge in [-0.2, -0.15) is 0 Å². The highest BCUT2D eigenvalue weighted by molar-refractivity contribution is 6.30. The molecule has 1 atom stereocenters. The number of nitrogens with one attached hydrogen (secondary N) is 1. The number of anilines is 2. The Morgan fingerprint density at radius 2 is 1.91 bits per heavy atom. The predicted molar refractivity (Wildman–Crippen MR) is 128 cm³/mol. The van der Waals surface area contributed by atoms with Crippen molar-refractivity contribution in [3.63, 3.8) is 0 Å². The summed E-state index contributed by atoms with van der Waals surface area (Å²) in [5, 5.41) is 4.12. The third-order valence-corrected chi connectivity index (χ3v) is 7.83. The van der Waals surface area contributed by atoms with E-state index in [1.54, 1.807) is 0 Å². The number of carbonyl (C=O) groups excluding carboxylic acids is 1. The van der Waals surface area contributed by atoms with Crippen LogP contribution in [0.2, 0.25) is 5.02 Å². The molecular weight excluding hydrogens is 424 g/mol. The molecule has 0 unspecified atom stereocenters. The molecule has 2 aromatic rings. The van der Waals surface area contributed by atoms with Gasteiger partial charge in [0.25, 0.3) is 0 Å². The second-order valence-corrected chi connectivity index (χ2v) is 10.0. The minimum absolute atomic E-state index is 0.183. The highest BCUT2D eigenvalue weighted by atomic mass is 35.5. The van der Waals surface area contributed by atoms with Crippen molar-refractivity contribution >= 4 is 29.1 Å². The lowest BCUT2D eigenvalue weighted by Gasteiger charge is -2.38. The lowest BCUT2D eigenvalue weighted by atomic mass is 9.76. The molecule has 0 bridgehead atoms. The van der Waals surface area contributed by atoms with Crippen LogP contribution in [0.3, 0.4) is 0 Å². The lowest BCUT2D eigenvalue weighted by Crippen LogP contribution is -2.47. The van der Waals surface area contributed by atoms with Crippen LogP contribution in [0, 0.1) is 5.41 Å². The van der Waals surface area contributed by atoms with Gasteiger partial charge in [0.1, 0.15) is 0 Å². The zero-order chi connectivity index (χ0) is 22.1. The van der Waals surface area contributed by atoms with Crippen LogP contribution in [-0.2, 0) is 11.8 Å². The Morgan fingerprint density at radius 3 is 2.59 bits per heavy atom. The van der Waals surface area contributed by atoms with Crippen molar-refractivity contribution in [2.75, 3.05) is 55.6 Å². The van der Waals surface area contributed by atoms with E-state index < -0.39 is 0 Å². The maximum absolute atomic E-state index is 12.9. The zero-order valence-corrected chi connectivity index (χ0v) is 19.6. The second-order valence-electron chi connectivity index (χ2n) is 9.58. The summed E-state index contributed by atoms with van der Waals surface area (Å²) in [7, 11) is 2.03. The Hall–Kier alpha value is -2.25. The molecule has 32 heavy (non-hydrogen) atoms. The summed E-state index contributed by atoms with van der Waals surface area (Å²) in [6.07, 6.45) is 7.66. The molecule has 1 spiro atoms. The van der Waals surface area contributed by atoms with Crippen LogP contribution in [-0.4, -0.2) is 72.2 Å². The first-order chi connectivity index (χ1) is 15.5. The number of rotatable bonds is 5. The summed E-state index contributed by atoms with van der Waals surface area (Å²) in [4.78, 5) is 24.6. The number of aryl methyl sites for hydroxylation is 1. The maximum Gasteiger partial charge on any atom is 0.226 e. The molecular formula is C24H33ClN6O. The van der Waals surface area contributed by atoms with Crippen LogP contribution in [0.1, 0.15) is 25.7 Å². The Balaban J connectivity index is 1.09. The van der Waals surface area contributed by atoms with Crippen LogP contribution >= 0.6 is 11.6 Å². The minimum atomic E-state index is -0.183. The molecule has 3 aliphatic heterocycles. The van der Waals surface area contributed by atoms with Crippen LogP contribution in [0.4, 0.5) is 11.6 Å². The quantitative estimate of drug-likeness (QED) is 0.749. The summed E-state index contributed by atoms with van der Waals surface area (Å²) < 4.78 is 2.06. The number of nitrogens with zero attached hydrogens (tertiary/aromatic N) is 5. The van der Waals surface area contributed by atoms with E-state index in [-0.39, 0.29) is 11.3 Å². The molecule has 0 saturated carbocycles. The van der Waals surface area contributed by atoms with Gasteiger partial charge in [0.2, 0.25) is 11.9 Å². The Morgan fingerprint density at radius 1 is 1.12 bits per heavy atom. The van der Waals surface area contributed by atoms with E-state index in [2.05, 4.69) is 35.6 Å². The van der Waals surface area contributed by atoms with Crippen LogP contribution < -0.4 is 15.1 Å². The highest BCUT2D eigenvalue weighted by Gasteiger charge is 2.48. The molecule has 0 aliphatic carbocycles. The normalized spacial score (nSPS) is 23.7. The van der Waals surface area contributed by atoms with Crippen LogP contribution in [0.15, 0.2) is 36.7 Å². The van der Waals surface area contributed by atoms with E-state index in [9.17, 15) is 4.79 Å². The number of piperidine rings is 1. The summed E-state index contributed by atoms with van der Waals surface area (Å²) in [5.74, 6) is 1.28. The number of benzene rings is 1. The fourth-order valence-electron chi connectivity index (χ4n) is 5.60. The fraction of sp³-hybridized carbons (Fsp3) is 0.583. The van der Waals surface area contributed by atoms with Crippen molar-refractivity contribution in [1.82, 2.24) is 19.8 Å². The number of piperazine rings is 1. The summed E-state index contributed by atoms with van der Waals surface area (Å²) in [6, 6.07) is 8.42.